The van der Waals surface area contributed by atoms with Crippen LogP contribution in [0.5, 0.6) is 0 Å². The monoisotopic (exact) mass is 493 g/mol. The molecule has 2 N–H and O–H groups in total. The molecule has 1 aliphatic heterocycles. The van der Waals surface area contributed by atoms with Crippen molar-refractivity contribution in [1.82, 2.24) is 15.2 Å². The van der Waals surface area contributed by atoms with Gasteiger partial charge in [-0.05, 0) is 31.0 Å². The number of pyridine rings is 1. The van der Waals surface area contributed by atoms with Gasteiger partial charge in [-0.1, -0.05) is 36.4 Å². The van der Waals surface area contributed by atoms with Crippen LogP contribution in [0.1, 0.15) is 30.0 Å². The summed E-state index contributed by atoms with van der Waals surface area (Å²) in [5, 5.41) is 6.14. The molecule has 7 heteroatoms. The minimum atomic E-state index is -0.0559. The van der Waals surface area contributed by atoms with Gasteiger partial charge in [0.15, 0.2) is 5.96 Å². The molecule has 0 aliphatic carbocycles. The van der Waals surface area contributed by atoms with E-state index in [2.05, 4.69) is 49.8 Å². The Morgan fingerprint density at radius 3 is 2.71 bits per heavy atom. The van der Waals surface area contributed by atoms with E-state index in [0.717, 1.165) is 31.2 Å². The van der Waals surface area contributed by atoms with E-state index in [4.69, 9.17) is 0 Å². The number of likely N-dealkylation sites (tertiary alicyclic amines) is 1. The van der Waals surface area contributed by atoms with Crippen LogP contribution in [-0.4, -0.2) is 48.4 Å². The Kier molecular flexibility index (Phi) is 8.69. The normalized spacial score (nSPS) is 16.4. The molecule has 0 spiro atoms. The van der Waals surface area contributed by atoms with Crippen LogP contribution in [0.25, 0.3) is 0 Å². The van der Waals surface area contributed by atoms with Crippen molar-refractivity contribution in [3.63, 3.8) is 0 Å². The number of aromatic nitrogens is 1. The number of hydrogen-bond acceptors (Lipinski definition) is 3. The molecule has 2 aromatic rings. The average Bonchev–Trinajstić information content (AvgIpc) is 3.16. The highest BCUT2D eigenvalue weighted by Gasteiger charge is 2.25. The van der Waals surface area contributed by atoms with Gasteiger partial charge < -0.3 is 15.5 Å². The smallest absolute Gasteiger partial charge is 0.227 e. The Morgan fingerprint density at radius 1 is 1.21 bits per heavy atom. The number of guanidine groups is 1. The molecule has 3 rings (SSSR count). The van der Waals surface area contributed by atoms with Crippen LogP contribution in [0.15, 0.2) is 53.5 Å². The molecule has 1 aromatic heterocycles. The molecule has 1 aromatic carbocycles. The highest BCUT2D eigenvalue weighted by Crippen LogP contribution is 2.26. The second-order valence-electron chi connectivity index (χ2n) is 6.78. The first-order valence-corrected chi connectivity index (χ1v) is 9.40. The van der Waals surface area contributed by atoms with Gasteiger partial charge in [0, 0.05) is 44.7 Å². The molecule has 2 heterocycles. The van der Waals surface area contributed by atoms with Gasteiger partial charge in [-0.2, -0.15) is 0 Å². The van der Waals surface area contributed by atoms with Crippen molar-refractivity contribution in [2.45, 2.75) is 25.7 Å². The highest BCUT2D eigenvalue weighted by molar-refractivity contribution is 14.0. The number of nitrogens with zero attached hydrogens (tertiary/aromatic N) is 3. The van der Waals surface area contributed by atoms with E-state index >= 15 is 0 Å². The first kappa shape index (κ1) is 22.1. The minimum Gasteiger partial charge on any atom is -0.356 e. The van der Waals surface area contributed by atoms with Crippen molar-refractivity contribution in [2.75, 3.05) is 32.0 Å². The van der Waals surface area contributed by atoms with Gasteiger partial charge in [-0.3, -0.25) is 9.79 Å². The van der Waals surface area contributed by atoms with Crippen LogP contribution < -0.4 is 10.6 Å². The van der Waals surface area contributed by atoms with Gasteiger partial charge in [0.05, 0.1) is 0 Å². The maximum Gasteiger partial charge on any atom is 0.227 e. The molecular weight excluding hydrogens is 465 g/mol. The molecule has 1 fully saturated rings. The second kappa shape index (κ2) is 11.0. The summed E-state index contributed by atoms with van der Waals surface area (Å²) in [7, 11) is 1.79. The van der Waals surface area contributed by atoms with Gasteiger partial charge in [0.2, 0.25) is 5.91 Å². The van der Waals surface area contributed by atoms with E-state index in [9.17, 15) is 4.79 Å². The van der Waals surface area contributed by atoms with Crippen LogP contribution >= 0.6 is 24.0 Å². The fraction of sp³-hybridized carbons (Fsp3) is 0.381. The third-order valence-corrected chi connectivity index (χ3v) is 4.76. The Balaban J connectivity index is 0.00000280. The number of aryl methyl sites for hydroxylation is 1. The summed E-state index contributed by atoms with van der Waals surface area (Å²) in [6, 6.07) is 16.2. The molecule has 0 bridgehead atoms. The molecule has 1 saturated heterocycles. The number of anilines is 1. The zero-order chi connectivity index (χ0) is 19.1. The van der Waals surface area contributed by atoms with Gasteiger partial charge >= 0.3 is 0 Å². The summed E-state index contributed by atoms with van der Waals surface area (Å²) in [5.74, 6) is 1.92. The Hall–Kier alpha value is -2.16. The topological polar surface area (TPSA) is 69.6 Å². The Morgan fingerprint density at radius 2 is 2.00 bits per heavy atom. The number of carbonyl (C=O) groups excluding carboxylic acids is 1. The van der Waals surface area contributed by atoms with E-state index in [1.54, 1.807) is 13.1 Å². The molecule has 0 radical (unpaired) electrons. The zero-order valence-corrected chi connectivity index (χ0v) is 18.7. The van der Waals surface area contributed by atoms with E-state index in [-0.39, 0.29) is 29.9 Å². The lowest BCUT2D eigenvalue weighted by atomic mass is 9.99. The minimum absolute atomic E-state index is 0. The lowest BCUT2D eigenvalue weighted by Gasteiger charge is -2.21. The Bertz CT molecular complexity index is 796. The average molecular weight is 493 g/mol. The van der Waals surface area contributed by atoms with Crippen LogP contribution in [0.3, 0.4) is 0 Å². The number of nitrogens with one attached hydrogen (secondary N) is 2. The fourth-order valence-corrected chi connectivity index (χ4v) is 3.39. The lowest BCUT2D eigenvalue weighted by molar-refractivity contribution is -0.116. The van der Waals surface area contributed by atoms with Gasteiger partial charge in [-0.15, -0.1) is 24.0 Å². The number of benzene rings is 1. The number of carbonyl (C=O) groups is 1. The summed E-state index contributed by atoms with van der Waals surface area (Å²) in [6.45, 7) is 4.36. The van der Waals surface area contributed by atoms with Gasteiger partial charge in [-0.25, -0.2) is 4.98 Å². The third kappa shape index (κ3) is 6.19. The summed E-state index contributed by atoms with van der Waals surface area (Å²) < 4.78 is 0. The van der Waals surface area contributed by atoms with Crippen molar-refractivity contribution < 1.29 is 4.79 Å². The van der Waals surface area contributed by atoms with E-state index in [1.165, 1.54) is 5.56 Å². The van der Waals surface area contributed by atoms with E-state index in [0.29, 0.717) is 24.7 Å². The van der Waals surface area contributed by atoms with Gasteiger partial charge in [0.25, 0.3) is 0 Å². The number of aliphatic imine (C=N–C) groups is 1. The van der Waals surface area contributed by atoms with Crippen molar-refractivity contribution in [1.29, 1.82) is 0 Å². The molecule has 1 amide bonds. The molecule has 1 atom stereocenters. The molecule has 6 nitrogen and oxygen atoms in total. The molecule has 150 valence electrons. The largest absolute Gasteiger partial charge is 0.356 e. The fourth-order valence-electron chi connectivity index (χ4n) is 3.39. The highest BCUT2D eigenvalue weighted by atomic mass is 127. The standard InChI is InChI=1S/C21H27N5O.HI/c1-16-7-6-10-19(24-16)25-20(27)11-13-23-21(22-2)26-14-12-18(15-26)17-8-4-3-5-9-17;/h3-10,18H,11-15H2,1-2H3,(H,22,23)(H,24,25,27);1H. The van der Waals surface area contributed by atoms with Crippen LogP contribution in [-0.2, 0) is 4.79 Å². The summed E-state index contributed by atoms with van der Waals surface area (Å²) in [6.07, 6.45) is 1.48. The van der Waals surface area contributed by atoms with Crippen LogP contribution in [0.2, 0.25) is 0 Å². The number of amides is 1. The summed E-state index contributed by atoms with van der Waals surface area (Å²) in [4.78, 5) is 23.0. The SMILES string of the molecule is CN=C(NCCC(=O)Nc1cccc(C)n1)N1CCC(c2ccccc2)C1.I. The van der Waals surface area contributed by atoms with Gasteiger partial charge in [0.1, 0.15) is 5.82 Å². The van der Waals surface area contributed by atoms with Crippen molar-refractivity contribution in [3.8, 4) is 0 Å². The maximum absolute atomic E-state index is 12.1. The summed E-state index contributed by atoms with van der Waals surface area (Å²) in [5.41, 5.74) is 2.26. The molecule has 28 heavy (non-hydrogen) atoms. The first-order valence-electron chi connectivity index (χ1n) is 9.40. The van der Waals surface area contributed by atoms with E-state index < -0.39 is 0 Å². The number of rotatable bonds is 5. The maximum atomic E-state index is 12.1. The van der Waals surface area contributed by atoms with Crippen LogP contribution in [0.4, 0.5) is 5.82 Å². The predicted molar refractivity (Wildman–Crippen MR) is 124 cm³/mol. The van der Waals surface area contributed by atoms with Crippen LogP contribution in [0, 0.1) is 6.92 Å². The number of halogens is 1. The first-order chi connectivity index (χ1) is 13.2. The van der Waals surface area contributed by atoms with E-state index in [1.807, 2.05) is 25.1 Å². The number of hydrogen-bond donors (Lipinski definition) is 2. The Labute approximate surface area is 183 Å². The summed E-state index contributed by atoms with van der Waals surface area (Å²) >= 11 is 0. The molecule has 0 saturated carbocycles. The zero-order valence-electron chi connectivity index (χ0n) is 16.4. The van der Waals surface area contributed by atoms with Crippen molar-refractivity contribution in [2.24, 2.45) is 4.99 Å². The molecule has 1 unspecified atom stereocenters. The van der Waals surface area contributed by atoms with Crippen molar-refractivity contribution >= 4 is 41.7 Å². The third-order valence-electron chi connectivity index (χ3n) is 4.76. The molecule has 1 aliphatic rings. The predicted octanol–water partition coefficient (Wildman–Crippen LogP) is 3.40. The second-order valence-corrected chi connectivity index (χ2v) is 6.78. The van der Waals surface area contributed by atoms with Crippen molar-refractivity contribution in [3.05, 3.63) is 59.8 Å². The quantitative estimate of drug-likeness (QED) is 0.381. The molecular formula is C21H28IN5O. The lowest BCUT2D eigenvalue weighted by Crippen LogP contribution is -2.41.